The first-order valence-corrected chi connectivity index (χ1v) is 20.5. The third-order valence-electron chi connectivity index (χ3n) is 12.7. The van der Waals surface area contributed by atoms with Crippen LogP contribution >= 0.6 is 0 Å². The third kappa shape index (κ3) is 5.72. The average molecular weight is 744 g/mol. The van der Waals surface area contributed by atoms with Crippen LogP contribution in [-0.4, -0.2) is 6.72 Å². The van der Waals surface area contributed by atoms with Crippen LogP contribution in [0.1, 0.15) is 65.6 Å². The Hall–Kier alpha value is -6.83. The molecule has 1 spiro atoms. The Labute approximate surface area is 342 Å². The van der Waals surface area contributed by atoms with E-state index < -0.39 is 5.41 Å². The highest BCUT2D eigenvalue weighted by Crippen LogP contribution is 2.64. The minimum Gasteiger partial charge on any atom is -0.264 e. The van der Waals surface area contributed by atoms with Gasteiger partial charge in [0, 0.05) is 5.56 Å². The summed E-state index contributed by atoms with van der Waals surface area (Å²) in [6.07, 6.45) is 12.3. The van der Waals surface area contributed by atoms with Crippen LogP contribution in [0.5, 0.6) is 0 Å². The first-order valence-electron chi connectivity index (χ1n) is 20.5. The summed E-state index contributed by atoms with van der Waals surface area (Å²) in [5.41, 5.74) is 21.3. The SMILES string of the molecule is C=N/C(=C\C(=C/Cc1cccc2ccccc12)c1ccc(-c2ccc3c(c2)C2(C(C4=C(C)CCC=C4)=C3C)c3ccccc3-c3ccccc32)cc1)c1ccccc1. The van der Waals surface area contributed by atoms with Gasteiger partial charge in [0.1, 0.15) is 0 Å². The van der Waals surface area contributed by atoms with Crippen molar-refractivity contribution in [3.8, 4) is 22.3 Å². The van der Waals surface area contributed by atoms with Crippen LogP contribution in [0.15, 0.2) is 210 Å². The Morgan fingerprint density at radius 1 is 0.638 bits per heavy atom. The molecule has 1 heteroatoms. The lowest BCUT2D eigenvalue weighted by atomic mass is 9.66. The van der Waals surface area contributed by atoms with E-state index in [1.54, 1.807) is 0 Å². The van der Waals surface area contributed by atoms with Crippen molar-refractivity contribution in [1.29, 1.82) is 0 Å². The van der Waals surface area contributed by atoms with E-state index in [1.807, 2.05) is 6.07 Å². The number of benzene rings is 7. The number of nitrogens with zero attached hydrogens (tertiary/aromatic N) is 1. The minimum absolute atomic E-state index is 0.394. The zero-order chi connectivity index (χ0) is 39.2. The van der Waals surface area contributed by atoms with Gasteiger partial charge in [-0.15, -0.1) is 0 Å². The monoisotopic (exact) mass is 743 g/mol. The second kappa shape index (κ2) is 14.6. The average Bonchev–Trinajstić information content (AvgIpc) is 3.72. The van der Waals surface area contributed by atoms with Gasteiger partial charge in [0.2, 0.25) is 0 Å². The topological polar surface area (TPSA) is 12.4 Å². The van der Waals surface area contributed by atoms with Crippen molar-refractivity contribution in [3.05, 3.63) is 244 Å². The molecule has 0 atom stereocenters. The molecule has 0 saturated carbocycles. The summed E-state index contributed by atoms with van der Waals surface area (Å²) in [6.45, 7) is 8.66. The number of rotatable bonds is 8. The van der Waals surface area contributed by atoms with Crippen molar-refractivity contribution < 1.29 is 0 Å². The normalized spacial score (nSPS) is 15.6. The lowest BCUT2D eigenvalue weighted by Gasteiger charge is -2.35. The highest BCUT2D eigenvalue weighted by molar-refractivity contribution is 5.97. The van der Waals surface area contributed by atoms with Crippen LogP contribution in [-0.2, 0) is 11.8 Å². The molecule has 0 aliphatic heterocycles. The molecule has 0 N–H and O–H groups in total. The van der Waals surface area contributed by atoms with Crippen LogP contribution in [0.25, 0.3) is 49.9 Å². The van der Waals surface area contributed by atoms with E-state index >= 15 is 0 Å². The fraction of sp³-hybridized carbons (Fsp3) is 0.105. The lowest BCUT2D eigenvalue weighted by Crippen LogP contribution is -2.28. The highest BCUT2D eigenvalue weighted by atomic mass is 14.7. The van der Waals surface area contributed by atoms with Crippen molar-refractivity contribution in [2.75, 3.05) is 0 Å². The lowest BCUT2D eigenvalue weighted by molar-refractivity contribution is 0.769. The van der Waals surface area contributed by atoms with Gasteiger partial charge in [0.05, 0.1) is 11.1 Å². The maximum atomic E-state index is 4.50. The highest BCUT2D eigenvalue weighted by Gasteiger charge is 2.53. The summed E-state index contributed by atoms with van der Waals surface area (Å²) in [5, 5.41) is 2.54. The second-order valence-electron chi connectivity index (χ2n) is 15.9. The number of aliphatic imine (C=N–C) groups is 1. The van der Waals surface area contributed by atoms with E-state index in [9.17, 15) is 0 Å². The standard InChI is InChI=1S/C57H45N/c1-38-16-7-9-22-47(38)56-39(2)48-35-34-45(36-54(48)57(56)52-26-13-11-24-50(52)51-25-12-14-27-53(51)57)40-28-30-41(31-29-40)46(37-55(58-3)44-18-5-4-6-19-44)33-32-43-21-15-20-42-17-8-10-23-49(42)43/h4-6,8-15,17-31,33-37H,3,7,16,32H2,1-2H3/b46-33+,55-37-. The van der Waals surface area contributed by atoms with Crippen molar-refractivity contribution >= 4 is 34.3 Å². The van der Waals surface area contributed by atoms with Crippen LogP contribution < -0.4 is 0 Å². The molecule has 0 bridgehead atoms. The van der Waals surface area contributed by atoms with Gasteiger partial charge in [0.25, 0.3) is 0 Å². The van der Waals surface area contributed by atoms with Crippen LogP contribution in [0.4, 0.5) is 0 Å². The largest absolute Gasteiger partial charge is 0.264 e. The second-order valence-corrected chi connectivity index (χ2v) is 15.9. The fourth-order valence-corrected chi connectivity index (χ4v) is 9.97. The van der Waals surface area contributed by atoms with Crippen LogP contribution in [0, 0.1) is 0 Å². The van der Waals surface area contributed by atoms with E-state index in [0.717, 1.165) is 41.7 Å². The van der Waals surface area contributed by atoms with E-state index in [-0.39, 0.29) is 0 Å². The Balaban J connectivity index is 1.09. The van der Waals surface area contributed by atoms with Crippen molar-refractivity contribution in [2.45, 2.75) is 38.5 Å². The zero-order valence-electron chi connectivity index (χ0n) is 33.2. The molecule has 278 valence electrons. The quantitative estimate of drug-likeness (QED) is 0.109. The van der Waals surface area contributed by atoms with Gasteiger partial charge in [-0.05, 0) is 141 Å². The molecule has 0 fully saturated rings. The molecule has 10 rings (SSSR count). The number of hydrogen-bond donors (Lipinski definition) is 0. The van der Waals surface area contributed by atoms with Crippen LogP contribution in [0.2, 0.25) is 0 Å². The molecule has 7 aromatic rings. The van der Waals surface area contributed by atoms with Crippen molar-refractivity contribution in [3.63, 3.8) is 0 Å². The summed E-state index contributed by atoms with van der Waals surface area (Å²) in [4.78, 5) is 4.50. The molecular weight excluding hydrogens is 699 g/mol. The zero-order valence-corrected chi connectivity index (χ0v) is 33.2. The van der Waals surface area contributed by atoms with Gasteiger partial charge in [-0.2, -0.15) is 0 Å². The summed E-state index contributed by atoms with van der Waals surface area (Å²) in [5.74, 6) is 0. The molecule has 0 radical (unpaired) electrons. The summed E-state index contributed by atoms with van der Waals surface area (Å²) >= 11 is 0. The van der Waals surface area contributed by atoms with Crippen molar-refractivity contribution in [2.24, 2.45) is 4.99 Å². The molecule has 0 saturated heterocycles. The minimum atomic E-state index is -0.394. The fourth-order valence-electron chi connectivity index (χ4n) is 9.97. The first-order chi connectivity index (χ1) is 28.6. The van der Waals surface area contributed by atoms with Gasteiger partial charge in [-0.3, -0.25) is 4.99 Å². The Bertz CT molecular complexity index is 2880. The molecule has 0 unspecified atom stereocenters. The Kier molecular flexibility index (Phi) is 8.95. The van der Waals surface area contributed by atoms with E-state index in [2.05, 4.69) is 208 Å². The summed E-state index contributed by atoms with van der Waals surface area (Å²) in [6, 6.07) is 60.1. The maximum absolute atomic E-state index is 4.50. The van der Waals surface area contributed by atoms with E-state index in [0.29, 0.717) is 0 Å². The predicted octanol–water partition coefficient (Wildman–Crippen LogP) is 14.6. The van der Waals surface area contributed by atoms with E-state index in [4.69, 9.17) is 0 Å². The van der Waals surface area contributed by atoms with Gasteiger partial charge in [0.15, 0.2) is 0 Å². The predicted molar refractivity (Wildman–Crippen MR) is 247 cm³/mol. The molecule has 3 aliphatic carbocycles. The Morgan fingerprint density at radius 3 is 2.05 bits per heavy atom. The van der Waals surface area contributed by atoms with E-state index in [1.165, 1.54) is 83.1 Å². The molecule has 0 aromatic heterocycles. The van der Waals surface area contributed by atoms with Gasteiger partial charge in [-0.25, -0.2) is 0 Å². The summed E-state index contributed by atoms with van der Waals surface area (Å²) < 4.78 is 0. The maximum Gasteiger partial charge on any atom is 0.0728 e. The number of fused-ring (bicyclic) bond motifs is 8. The smallest absolute Gasteiger partial charge is 0.0728 e. The molecular formula is C57H45N. The van der Waals surface area contributed by atoms with Crippen molar-refractivity contribution in [1.82, 2.24) is 0 Å². The number of allylic oxidation sites excluding steroid dienone is 9. The van der Waals surface area contributed by atoms with Gasteiger partial charge in [-0.1, -0.05) is 182 Å². The third-order valence-corrected chi connectivity index (χ3v) is 12.7. The first kappa shape index (κ1) is 35.6. The Morgan fingerprint density at radius 2 is 1.31 bits per heavy atom. The summed E-state index contributed by atoms with van der Waals surface area (Å²) in [7, 11) is 0. The molecule has 0 heterocycles. The molecule has 0 amide bonds. The molecule has 7 aromatic carbocycles. The van der Waals surface area contributed by atoms with Gasteiger partial charge >= 0.3 is 0 Å². The molecule has 1 nitrogen and oxygen atoms in total. The number of hydrogen-bond acceptors (Lipinski definition) is 1. The van der Waals surface area contributed by atoms with Gasteiger partial charge < -0.3 is 0 Å². The molecule has 58 heavy (non-hydrogen) atoms. The van der Waals surface area contributed by atoms with Crippen LogP contribution in [0.3, 0.4) is 0 Å². The molecule has 3 aliphatic rings.